The predicted octanol–water partition coefficient (Wildman–Crippen LogP) is 5.74. The van der Waals surface area contributed by atoms with E-state index in [0.717, 1.165) is 21.8 Å². The van der Waals surface area contributed by atoms with Crippen LogP contribution >= 0.6 is 23.1 Å². The van der Waals surface area contributed by atoms with Crippen LogP contribution in [-0.2, 0) is 4.79 Å². The molecule has 144 valence electrons. The molecule has 3 rings (SSSR count). The lowest BCUT2D eigenvalue weighted by molar-refractivity contribution is -0.115. The van der Waals surface area contributed by atoms with Crippen LogP contribution in [-0.4, -0.2) is 17.1 Å². The second-order valence-corrected chi connectivity index (χ2v) is 8.87. The summed E-state index contributed by atoms with van der Waals surface area (Å²) in [6, 6.07) is 17.1. The maximum atomic E-state index is 12.5. The Morgan fingerprint density at radius 1 is 0.929 bits per heavy atom. The molecular formula is C22H22N2O2S2. The van der Waals surface area contributed by atoms with E-state index in [1.54, 1.807) is 6.07 Å². The first-order valence-corrected chi connectivity index (χ1v) is 10.7. The van der Waals surface area contributed by atoms with Crippen LogP contribution in [0.4, 0.5) is 11.4 Å². The first kappa shape index (κ1) is 20.2. The number of hydrogen-bond acceptors (Lipinski definition) is 4. The van der Waals surface area contributed by atoms with E-state index in [1.807, 2.05) is 74.7 Å². The lowest BCUT2D eigenvalue weighted by Gasteiger charge is -2.13. The third kappa shape index (κ3) is 5.24. The average Bonchev–Trinajstić information content (AvgIpc) is 3.21. The van der Waals surface area contributed by atoms with Crippen molar-refractivity contribution in [2.45, 2.75) is 30.9 Å². The summed E-state index contributed by atoms with van der Waals surface area (Å²) < 4.78 is 0. The summed E-state index contributed by atoms with van der Waals surface area (Å²) in [5.41, 5.74) is 3.90. The average molecular weight is 411 g/mol. The van der Waals surface area contributed by atoms with Gasteiger partial charge in [-0.1, -0.05) is 12.1 Å². The summed E-state index contributed by atoms with van der Waals surface area (Å²) in [4.78, 5) is 26.2. The number of carbonyl (C=O) groups is 2. The van der Waals surface area contributed by atoms with Crippen molar-refractivity contribution in [1.29, 1.82) is 0 Å². The Labute approximate surface area is 173 Å². The molecule has 0 aliphatic rings. The highest BCUT2D eigenvalue weighted by molar-refractivity contribution is 8.00. The molecule has 3 aromatic rings. The second kappa shape index (κ2) is 9.08. The number of hydrogen-bond donors (Lipinski definition) is 2. The van der Waals surface area contributed by atoms with E-state index in [2.05, 4.69) is 10.6 Å². The maximum absolute atomic E-state index is 12.5. The van der Waals surface area contributed by atoms with Crippen LogP contribution in [0.25, 0.3) is 0 Å². The second-order valence-electron chi connectivity index (χ2n) is 6.50. The van der Waals surface area contributed by atoms with Gasteiger partial charge in [-0.05, 0) is 79.7 Å². The molecule has 2 N–H and O–H groups in total. The van der Waals surface area contributed by atoms with Crippen molar-refractivity contribution in [3.05, 3.63) is 76.0 Å². The van der Waals surface area contributed by atoms with Crippen molar-refractivity contribution in [3.63, 3.8) is 0 Å². The molecule has 4 nitrogen and oxygen atoms in total. The molecule has 0 aliphatic heterocycles. The molecule has 2 aromatic carbocycles. The standard InChI is InChI=1S/C22H22N2O2S2/c1-14-6-7-18(13-15(14)2)24-21(25)16(3)28-19-10-8-17(9-11-19)23-22(26)20-5-4-12-27-20/h4-13,16H,1-3H3,(H,23,26)(H,24,25). The van der Waals surface area contributed by atoms with Gasteiger partial charge in [0.2, 0.25) is 5.91 Å². The van der Waals surface area contributed by atoms with Crippen LogP contribution < -0.4 is 10.6 Å². The van der Waals surface area contributed by atoms with Crippen LogP contribution in [0, 0.1) is 13.8 Å². The van der Waals surface area contributed by atoms with Gasteiger partial charge in [0.1, 0.15) is 0 Å². The Morgan fingerprint density at radius 3 is 2.29 bits per heavy atom. The molecule has 1 aromatic heterocycles. The molecule has 0 spiro atoms. The highest BCUT2D eigenvalue weighted by Crippen LogP contribution is 2.26. The zero-order chi connectivity index (χ0) is 20.1. The van der Waals surface area contributed by atoms with Gasteiger partial charge in [0.15, 0.2) is 0 Å². The lowest BCUT2D eigenvalue weighted by atomic mass is 10.1. The Bertz CT molecular complexity index is 967. The van der Waals surface area contributed by atoms with Crippen LogP contribution in [0.2, 0.25) is 0 Å². The molecule has 1 heterocycles. The minimum Gasteiger partial charge on any atom is -0.325 e. The number of thioether (sulfide) groups is 1. The Morgan fingerprint density at radius 2 is 1.64 bits per heavy atom. The summed E-state index contributed by atoms with van der Waals surface area (Å²) in [5, 5.41) is 7.47. The molecule has 1 unspecified atom stereocenters. The summed E-state index contributed by atoms with van der Waals surface area (Å²) in [6.45, 7) is 5.96. The van der Waals surface area contributed by atoms with Gasteiger partial charge in [-0.2, -0.15) is 0 Å². The van der Waals surface area contributed by atoms with E-state index in [9.17, 15) is 9.59 Å². The molecule has 2 amide bonds. The van der Waals surface area contributed by atoms with Gasteiger partial charge >= 0.3 is 0 Å². The number of thiophene rings is 1. The number of amides is 2. The molecule has 6 heteroatoms. The fraction of sp³-hybridized carbons (Fsp3) is 0.182. The minimum absolute atomic E-state index is 0.0386. The zero-order valence-corrected chi connectivity index (χ0v) is 17.6. The van der Waals surface area contributed by atoms with E-state index in [4.69, 9.17) is 0 Å². The molecule has 0 fully saturated rings. The monoisotopic (exact) mass is 410 g/mol. The predicted molar refractivity (Wildman–Crippen MR) is 119 cm³/mol. The summed E-state index contributed by atoms with van der Waals surface area (Å²) in [6.07, 6.45) is 0. The van der Waals surface area contributed by atoms with E-state index < -0.39 is 0 Å². The first-order chi connectivity index (χ1) is 13.4. The molecule has 0 saturated heterocycles. The SMILES string of the molecule is Cc1ccc(NC(=O)C(C)Sc2ccc(NC(=O)c3cccs3)cc2)cc1C. The molecule has 0 saturated carbocycles. The lowest BCUT2D eigenvalue weighted by Crippen LogP contribution is -2.22. The molecule has 0 aliphatic carbocycles. The minimum atomic E-state index is -0.242. The Balaban J connectivity index is 1.56. The van der Waals surface area contributed by atoms with Crippen molar-refractivity contribution >= 4 is 46.3 Å². The first-order valence-electron chi connectivity index (χ1n) is 8.92. The summed E-state index contributed by atoms with van der Waals surface area (Å²) in [5.74, 6) is -0.153. The number of benzene rings is 2. The summed E-state index contributed by atoms with van der Waals surface area (Å²) in [7, 11) is 0. The van der Waals surface area contributed by atoms with Crippen LogP contribution in [0.3, 0.4) is 0 Å². The van der Waals surface area contributed by atoms with Crippen LogP contribution in [0.15, 0.2) is 64.9 Å². The number of nitrogens with one attached hydrogen (secondary N) is 2. The third-order valence-corrected chi connectivity index (χ3v) is 6.29. The third-order valence-electron chi connectivity index (χ3n) is 4.31. The maximum Gasteiger partial charge on any atom is 0.265 e. The van der Waals surface area contributed by atoms with E-state index in [-0.39, 0.29) is 17.1 Å². The van der Waals surface area contributed by atoms with Crippen LogP contribution in [0.5, 0.6) is 0 Å². The summed E-state index contributed by atoms with van der Waals surface area (Å²) >= 11 is 2.89. The van der Waals surface area contributed by atoms with Gasteiger partial charge in [0.05, 0.1) is 10.1 Å². The van der Waals surface area contributed by atoms with E-state index >= 15 is 0 Å². The fourth-order valence-corrected chi connectivity index (χ4v) is 4.02. The van der Waals surface area contributed by atoms with Crippen molar-refractivity contribution in [2.75, 3.05) is 10.6 Å². The fourth-order valence-electron chi connectivity index (χ4n) is 2.54. The van der Waals surface area contributed by atoms with Gasteiger partial charge in [-0.25, -0.2) is 0 Å². The van der Waals surface area contributed by atoms with Crippen molar-refractivity contribution in [2.24, 2.45) is 0 Å². The van der Waals surface area contributed by atoms with Gasteiger partial charge in [-0.15, -0.1) is 23.1 Å². The normalized spacial score (nSPS) is 11.7. The van der Waals surface area contributed by atoms with Crippen molar-refractivity contribution < 1.29 is 9.59 Å². The van der Waals surface area contributed by atoms with Crippen LogP contribution in [0.1, 0.15) is 27.7 Å². The van der Waals surface area contributed by atoms with Crippen molar-refractivity contribution in [1.82, 2.24) is 0 Å². The molecule has 1 atom stereocenters. The Hall–Kier alpha value is -2.57. The molecule has 0 bridgehead atoms. The zero-order valence-electron chi connectivity index (χ0n) is 16.0. The number of carbonyl (C=O) groups excluding carboxylic acids is 2. The molecule has 0 radical (unpaired) electrons. The highest BCUT2D eigenvalue weighted by atomic mass is 32.2. The molecular weight excluding hydrogens is 388 g/mol. The van der Waals surface area contributed by atoms with Crippen molar-refractivity contribution in [3.8, 4) is 0 Å². The largest absolute Gasteiger partial charge is 0.325 e. The number of anilines is 2. The van der Waals surface area contributed by atoms with E-state index in [1.165, 1.54) is 28.7 Å². The van der Waals surface area contributed by atoms with E-state index in [0.29, 0.717) is 4.88 Å². The number of aryl methyl sites for hydroxylation is 2. The Kier molecular flexibility index (Phi) is 6.54. The van der Waals surface area contributed by atoms with Gasteiger partial charge in [-0.3, -0.25) is 9.59 Å². The quantitative estimate of drug-likeness (QED) is 0.510. The smallest absolute Gasteiger partial charge is 0.265 e. The van der Waals surface area contributed by atoms with Gasteiger partial charge < -0.3 is 10.6 Å². The van der Waals surface area contributed by atoms with Gasteiger partial charge in [0, 0.05) is 16.3 Å². The number of rotatable bonds is 6. The molecule has 28 heavy (non-hydrogen) atoms. The highest BCUT2D eigenvalue weighted by Gasteiger charge is 2.15. The topological polar surface area (TPSA) is 58.2 Å². The van der Waals surface area contributed by atoms with Gasteiger partial charge in [0.25, 0.3) is 5.91 Å².